The summed E-state index contributed by atoms with van der Waals surface area (Å²) in [6.07, 6.45) is 12.4. The van der Waals surface area contributed by atoms with E-state index in [0.29, 0.717) is 0 Å². The van der Waals surface area contributed by atoms with Gasteiger partial charge in [0.25, 0.3) is 0 Å². The summed E-state index contributed by atoms with van der Waals surface area (Å²) in [7, 11) is 0. The topological polar surface area (TPSA) is 9.23 Å². The molecule has 0 heterocycles. The van der Waals surface area contributed by atoms with Crippen LogP contribution in [0.5, 0.6) is 0 Å². The van der Waals surface area contributed by atoms with Gasteiger partial charge in [-0.2, -0.15) is 0 Å². The zero-order valence-corrected chi connectivity index (χ0v) is 9.25. The monoisotopic (exact) mass is 192 g/mol. The van der Waals surface area contributed by atoms with Crippen LogP contribution in [0.2, 0.25) is 0 Å². The van der Waals surface area contributed by atoms with Crippen LogP contribution in [-0.2, 0) is 4.74 Å². The molecule has 0 radical (unpaired) electrons. The summed E-state index contributed by atoms with van der Waals surface area (Å²) < 4.78 is 5.24. The Morgan fingerprint density at radius 3 is 2.71 bits per heavy atom. The largest absolute Gasteiger partial charge is 0.378 e. The van der Waals surface area contributed by atoms with Gasteiger partial charge in [-0.25, -0.2) is 0 Å². The third-order valence-electron chi connectivity index (χ3n) is 2.47. The van der Waals surface area contributed by atoms with Crippen LogP contribution in [0.1, 0.15) is 33.1 Å². The molecule has 1 heteroatoms. The molecular weight excluding hydrogens is 172 g/mol. The summed E-state index contributed by atoms with van der Waals surface area (Å²) in [4.78, 5) is 0. The lowest BCUT2D eigenvalue weighted by Crippen LogP contribution is -1.92. The van der Waals surface area contributed by atoms with E-state index in [1.807, 2.05) is 6.92 Å². The average molecular weight is 192 g/mol. The summed E-state index contributed by atoms with van der Waals surface area (Å²) in [5, 5.41) is 0. The summed E-state index contributed by atoms with van der Waals surface area (Å²) >= 11 is 0. The van der Waals surface area contributed by atoms with Gasteiger partial charge in [-0.1, -0.05) is 36.8 Å². The Balaban J connectivity index is 2.36. The Morgan fingerprint density at radius 2 is 2.14 bits per heavy atom. The number of allylic oxidation sites excluding steroid dienone is 5. The van der Waals surface area contributed by atoms with Gasteiger partial charge in [-0.05, 0) is 31.8 Å². The molecule has 1 aliphatic carbocycles. The highest BCUT2D eigenvalue weighted by molar-refractivity contribution is 5.30. The minimum atomic E-state index is 0.734. The molecule has 0 aromatic rings. The maximum Gasteiger partial charge on any atom is 0.0650 e. The average Bonchev–Trinajstić information content (AvgIpc) is 2.25. The zero-order chi connectivity index (χ0) is 10.2. The van der Waals surface area contributed by atoms with Crippen molar-refractivity contribution in [2.45, 2.75) is 33.1 Å². The Hall–Kier alpha value is -0.820. The molecule has 0 spiro atoms. The first-order valence-corrected chi connectivity index (χ1v) is 5.49. The number of hydrogen-bond acceptors (Lipinski definition) is 1. The molecule has 0 fully saturated rings. The molecule has 14 heavy (non-hydrogen) atoms. The summed E-state index contributed by atoms with van der Waals surface area (Å²) in [5.41, 5.74) is 2.98. The smallest absolute Gasteiger partial charge is 0.0650 e. The molecule has 0 aromatic heterocycles. The molecule has 0 amide bonds. The van der Waals surface area contributed by atoms with E-state index in [-0.39, 0.29) is 0 Å². The van der Waals surface area contributed by atoms with Gasteiger partial charge in [0, 0.05) is 6.61 Å². The van der Waals surface area contributed by atoms with E-state index < -0.39 is 0 Å². The number of ether oxygens (including phenoxy) is 1. The molecule has 0 aromatic carbocycles. The van der Waals surface area contributed by atoms with Crippen LogP contribution < -0.4 is 0 Å². The first kappa shape index (κ1) is 11.3. The zero-order valence-electron chi connectivity index (χ0n) is 9.25. The van der Waals surface area contributed by atoms with Crippen molar-refractivity contribution >= 4 is 0 Å². The molecule has 0 bridgehead atoms. The van der Waals surface area contributed by atoms with Gasteiger partial charge in [0.2, 0.25) is 0 Å². The van der Waals surface area contributed by atoms with Crippen molar-refractivity contribution in [1.29, 1.82) is 0 Å². The van der Waals surface area contributed by atoms with Gasteiger partial charge in [0.05, 0.1) is 6.61 Å². The standard InChI is InChI=1S/C13H20O/c1-3-12-7-9-13(10-8-12)6-5-11-14-4-2/h5-7,9H,3-4,8,10-11H2,1-2H3/b6-5+. The molecule has 0 unspecified atom stereocenters. The van der Waals surface area contributed by atoms with Gasteiger partial charge < -0.3 is 4.74 Å². The van der Waals surface area contributed by atoms with Crippen molar-refractivity contribution in [1.82, 2.24) is 0 Å². The predicted molar refractivity (Wildman–Crippen MR) is 61.3 cm³/mol. The van der Waals surface area contributed by atoms with Crippen LogP contribution in [0.3, 0.4) is 0 Å². The van der Waals surface area contributed by atoms with Crippen molar-refractivity contribution in [3.05, 3.63) is 35.5 Å². The highest BCUT2D eigenvalue weighted by atomic mass is 16.5. The lowest BCUT2D eigenvalue weighted by atomic mass is 9.97. The Labute approximate surface area is 87.2 Å². The van der Waals surface area contributed by atoms with Crippen molar-refractivity contribution < 1.29 is 4.74 Å². The second-order valence-corrected chi connectivity index (χ2v) is 3.48. The lowest BCUT2D eigenvalue weighted by Gasteiger charge is -2.10. The van der Waals surface area contributed by atoms with Crippen molar-refractivity contribution in [3.8, 4) is 0 Å². The maximum atomic E-state index is 5.24. The summed E-state index contributed by atoms with van der Waals surface area (Å²) in [6.45, 7) is 5.76. The van der Waals surface area contributed by atoms with Crippen LogP contribution in [0.25, 0.3) is 0 Å². The molecule has 0 aliphatic heterocycles. The van der Waals surface area contributed by atoms with E-state index in [2.05, 4.69) is 31.2 Å². The van der Waals surface area contributed by atoms with Gasteiger partial charge >= 0.3 is 0 Å². The fraction of sp³-hybridized carbons (Fsp3) is 0.538. The molecule has 1 rings (SSSR count). The fourth-order valence-electron chi connectivity index (χ4n) is 1.52. The quantitative estimate of drug-likeness (QED) is 0.604. The highest BCUT2D eigenvalue weighted by Crippen LogP contribution is 2.20. The Morgan fingerprint density at radius 1 is 1.29 bits per heavy atom. The van der Waals surface area contributed by atoms with E-state index in [4.69, 9.17) is 4.74 Å². The molecular formula is C13H20O. The first-order chi connectivity index (χ1) is 6.86. The van der Waals surface area contributed by atoms with Crippen molar-refractivity contribution in [2.24, 2.45) is 0 Å². The number of rotatable bonds is 5. The third kappa shape index (κ3) is 3.93. The summed E-state index contributed by atoms with van der Waals surface area (Å²) in [6, 6.07) is 0. The van der Waals surface area contributed by atoms with E-state index in [1.54, 1.807) is 5.57 Å². The molecule has 0 N–H and O–H groups in total. The summed E-state index contributed by atoms with van der Waals surface area (Å²) in [5.74, 6) is 0. The highest BCUT2D eigenvalue weighted by Gasteiger charge is 2.01. The van der Waals surface area contributed by atoms with Gasteiger partial charge in [0.15, 0.2) is 0 Å². The molecule has 0 saturated heterocycles. The maximum absolute atomic E-state index is 5.24. The minimum absolute atomic E-state index is 0.734. The van der Waals surface area contributed by atoms with E-state index in [1.165, 1.54) is 24.8 Å². The van der Waals surface area contributed by atoms with Crippen molar-refractivity contribution in [3.63, 3.8) is 0 Å². The SMILES string of the molecule is CCOC/C=C/C1=CC=C(CC)CC1. The predicted octanol–water partition coefficient (Wildman–Crippen LogP) is 3.64. The number of hydrogen-bond donors (Lipinski definition) is 0. The van der Waals surface area contributed by atoms with E-state index >= 15 is 0 Å². The van der Waals surface area contributed by atoms with Gasteiger partial charge in [-0.15, -0.1) is 0 Å². The van der Waals surface area contributed by atoms with Gasteiger partial charge in [-0.3, -0.25) is 0 Å². The Bertz CT molecular complexity index is 246. The van der Waals surface area contributed by atoms with Crippen LogP contribution >= 0.6 is 0 Å². The van der Waals surface area contributed by atoms with Crippen LogP contribution in [0.15, 0.2) is 35.5 Å². The first-order valence-electron chi connectivity index (χ1n) is 5.49. The van der Waals surface area contributed by atoms with Crippen LogP contribution in [0, 0.1) is 0 Å². The second-order valence-electron chi connectivity index (χ2n) is 3.48. The third-order valence-corrected chi connectivity index (χ3v) is 2.47. The normalized spacial score (nSPS) is 17.0. The second kappa shape index (κ2) is 6.61. The van der Waals surface area contributed by atoms with Crippen molar-refractivity contribution in [2.75, 3.05) is 13.2 Å². The lowest BCUT2D eigenvalue weighted by molar-refractivity contribution is 0.177. The fourth-order valence-corrected chi connectivity index (χ4v) is 1.52. The molecule has 78 valence electrons. The van der Waals surface area contributed by atoms with E-state index in [0.717, 1.165) is 13.2 Å². The Kier molecular flexibility index (Phi) is 5.31. The molecule has 0 atom stereocenters. The molecule has 1 aliphatic rings. The van der Waals surface area contributed by atoms with E-state index in [9.17, 15) is 0 Å². The van der Waals surface area contributed by atoms with Gasteiger partial charge in [0.1, 0.15) is 0 Å². The van der Waals surface area contributed by atoms with Crippen LogP contribution in [-0.4, -0.2) is 13.2 Å². The minimum Gasteiger partial charge on any atom is -0.378 e. The molecule has 0 saturated carbocycles. The molecule has 1 nitrogen and oxygen atoms in total. The van der Waals surface area contributed by atoms with Crippen LogP contribution in [0.4, 0.5) is 0 Å².